The van der Waals surface area contributed by atoms with E-state index in [-0.39, 0.29) is 0 Å². The fraction of sp³-hybridized carbons (Fsp3) is 0.500. The molecule has 1 unspecified atom stereocenters. The third kappa shape index (κ3) is 1.45. The van der Waals surface area contributed by atoms with Crippen molar-refractivity contribution in [3.05, 3.63) is 18.5 Å². The van der Waals surface area contributed by atoms with Crippen molar-refractivity contribution < 1.29 is 0 Å². The van der Waals surface area contributed by atoms with E-state index in [9.17, 15) is 0 Å². The Morgan fingerprint density at radius 1 is 1.44 bits per heavy atom. The fourth-order valence-corrected chi connectivity index (χ4v) is 2.48. The molecule has 16 heavy (non-hydrogen) atoms. The van der Waals surface area contributed by atoms with E-state index in [1.54, 1.807) is 0 Å². The van der Waals surface area contributed by atoms with Crippen LogP contribution in [0.15, 0.2) is 18.5 Å². The predicted molar refractivity (Wildman–Crippen MR) is 64.5 cm³/mol. The topological polar surface area (TPSA) is 44.8 Å². The summed E-state index contributed by atoms with van der Waals surface area (Å²) in [5.41, 5.74) is 1.02. The van der Waals surface area contributed by atoms with Crippen LogP contribution in [0.4, 0.5) is 5.82 Å². The van der Waals surface area contributed by atoms with Crippen molar-refractivity contribution in [2.75, 3.05) is 11.4 Å². The lowest BCUT2D eigenvalue weighted by atomic mass is 10.0. The Morgan fingerprint density at radius 3 is 3.25 bits per heavy atom. The number of hydrogen-bond donors (Lipinski definition) is 1. The highest BCUT2D eigenvalue weighted by Crippen LogP contribution is 2.28. The second kappa shape index (κ2) is 3.77. The van der Waals surface area contributed by atoms with E-state index < -0.39 is 0 Å². The minimum atomic E-state index is 0.591. The second-order valence-electron chi connectivity index (χ2n) is 4.51. The number of rotatable bonds is 1. The molecule has 0 aromatic carbocycles. The van der Waals surface area contributed by atoms with E-state index in [4.69, 9.17) is 0 Å². The lowest BCUT2D eigenvalue weighted by Crippen LogP contribution is -2.37. The molecule has 0 amide bonds. The van der Waals surface area contributed by atoms with Gasteiger partial charge in [-0.1, -0.05) is 0 Å². The highest BCUT2D eigenvalue weighted by atomic mass is 15.3. The maximum absolute atomic E-state index is 4.43. The average Bonchev–Trinajstić information content (AvgIpc) is 2.74. The summed E-state index contributed by atoms with van der Waals surface area (Å²) in [5, 5.41) is 8.67. The number of aromatic nitrogens is 3. The summed E-state index contributed by atoms with van der Waals surface area (Å²) in [6.07, 6.45) is 7.53. The number of hydrogen-bond acceptors (Lipinski definition) is 3. The van der Waals surface area contributed by atoms with Gasteiger partial charge < -0.3 is 4.90 Å². The molecule has 2 aromatic heterocycles. The van der Waals surface area contributed by atoms with Crippen LogP contribution in [0.2, 0.25) is 0 Å². The lowest BCUT2D eigenvalue weighted by Gasteiger charge is -2.33. The Hall–Kier alpha value is -1.58. The molecular formula is C12H16N4. The first kappa shape index (κ1) is 9.63. The van der Waals surface area contributed by atoms with Crippen LogP contribution in [0.25, 0.3) is 10.9 Å². The monoisotopic (exact) mass is 216 g/mol. The van der Waals surface area contributed by atoms with E-state index in [0.717, 1.165) is 17.9 Å². The van der Waals surface area contributed by atoms with Gasteiger partial charge in [-0.3, -0.25) is 10.1 Å². The molecule has 0 radical (unpaired) electrons. The number of pyridine rings is 1. The summed E-state index contributed by atoms with van der Waals surface area (Å²) < 4.78 is 0. The molecule has 0 spiro atoms. The summed E-state index contributed by atoms with van der Waals surface area (Å²) in [4.78, 5) is 6.51. The zero-order chi connectivity index (χ0) is 11.0. The van der Waals surface area contributed by atoms with Gasteiger partial charge in [0.05, 0.1) is 11.7 Å². The highest BCUT2D eigenvalue weighted by molar-refractivity contribution is 5.89. The number of anilines is 1. The molecule has 0 saturated carbocycles. The molecule has 3 rings (SSSR count). The SMILES string of the molecule is CC1CCCCN1c1n[nH]c2cnccc12. The second-order valence-corrected chi connectivity index (χ2v) is 4.51. The molecule has 3 heterocycles. The lowest BCUT2D eigenvalue weighted by molar-refractivity contribution is 0.482. The van der Waals surface area contributed by atoms with Gasteiger partial charge in [0, 0.05) is 24.2 Å². The van der Waals surface area contributed by atoms with Crippen LogP contribution in [-0.4, -0.2) is 27.8 Å². The van der Waals surface area contributed by atoms with Crippen molar-refractivity contribution in [3.8, 4) is 0 Å². The highest BCUT2D eigenvalue weighted by Gasteiger charge is 2.22. The predicted octanol–water partition coefficient (Wildman–Crippen LogP) is 2.34. The Balaban J connectivity index is 2.04. The molecule has 0 aliphatic carbocycles. The zero-order valence-electron chi connectivity index (χ0n) is 9.48. The number of aromatic amines is 1. The van der Waals surface area contributed by atoms with Gasteiger partial charge in [-0.15, -0.1) is 0 Å². The first-order valence-corrected chi connectivity index (χ1v) is 5.91. The number of piperidine rings is 1. The van der Waals surface area contributed by atoms with Crippen LogP contribution in [0, 0.1) is 0 Å². The summed E-state index contributed by atoms with van der Waals surface area (Å²) in [5.74, 6) is 1.09. The third-order valence-electron chi connectivity index (χ3n) is 3.42. The molecule has 0 bridgehead atoms. The van der Waals surface area contributed by atoms with E-state index in [2.05, 4.69) is 27.0 Å². The van der Waals surface area contributed by atoms with E-state index in [0.29, 0.717) is 6.04 Å². The smallest absolute Gasteiger partial charge is 0.158 e. The number of nitrogens with one attached hydrogen (secondary N) is 1. The molecule has 1 N–H and O–H groups in total. The molecule has 1 aliphatic rings. The van der Waals surface area contributed by atoms with Crippen molar-refractivity contribution in [2.24, 2.45) is 0 Å². The van der Waals surface area contributed by atoms with Gasteiger partial charge in [-0.2, -0.15) is 5.10 Å². The number of fused-ring (bicyclic) bond motifs is 1. The summed E-state index contributed by atoms with van der Waals surface area (Å²) in [7, 11) is 0. The Kier molecular flexibility index (Phi) is 2.27. The molecular weight excluding hydrogens is 200 g/mol. The van der Waals surface area contributed by atoms with Gasteiger partial charge in [0.1, 0.15) is 0 Å². The van der Waals surface area contributed by atoms with E-state index in [1.165, 1.54) is 24.6 Å². The standard InChI is InChI=1S/C12H16N4/c1-9-4-2-3-7-16(9)12-10-5-6-13-8-11(10)14-15-12/h5-6,8-9H,2-4,7H2,1H3,(H,14,15). The van der Waals surface area contributed by atoms with Gasteiger partial charge in [0.15, 0.2) is 5.82 Å². The molecule has 4 nitrogen and oxygen atoms in total. The zero-order valence-corrected chi connectivity index (χ0v) is 9.48. The Morgan fingerprint density at radius 2 is 2.38 bits per heavy atom. The van der Waals surface area contributed by atoms with Crippen LogP contribution in [0.3, 0.4) is 0 Å². The van der Waals surface area contributed by atoms with Crippen LogP contribution >= 0.6 is 0 Å². The summed E-state index contributed by atoms with van der Waals surface area (Å²) in [6, 6.07) is 2.63. The maximum Gasteiger partial charge on any atom is 0.158 e. The minimum Gasteiger partial charge on any atom is -0.352 e. The molecule has 1 atom stereocenters. The van der Waals surface area contributed by atoms with Crippen molar-refractivity contribution in [1.82, 2.24) is 15.2 Å². The summed E-state index contributed by atoms with van der Waals surface area (Å²) >= 11 is 0. The molecule has 1 aliphatic heterocycles. The van der Waals surface area contributed by atoms with Crippen LogP contribution in [-0.2, 0) is 0 Å². The molecule has 4 heteroatoms. The Labute approximate surface area is 94.7 Å². The largest absolute Gasteiger partial charge is 0.352 e. The quantitative estimate of drug-likeness (QED) is 0.795. The Bertz CT molecular complexity index is 490. The van der Waals surface area contributed by atoms with Crippen LogP contribution in [0.5, 0.6) is 0 Å². The van der Waals surface area contributed by atoms with Crippen LogP contribution < -0.4 is 4.90 Å². The third-order valence-corrected chi connectivity index (χ3v) is 3.42. The molecule has 2 aromatic rings. The molecule has 1 fully saturated rings. The molecule has 1 saturated heterocycles. The molecule has 84 valence electrons. The van der Waals surface area contributed by atoms with Gasteiger partial charge >= 0.3 is 0 Å². The first-order chi connectivity index (χ1) is 7.86. The first-order valence-electron chi connectivity index (χ1n) is 5.91. The van der Waals surface area contributed by atoms with Crippen molar-refractivity contribution >= 4 is 16.7 Å². The van der Waals surface area contributed by atoms with Gasteiger partial charge in [0.25, 0.3) is 0 Å². The van der Waals surface area contributed by atoms with Crippen molar-refractivity contribution in [2.45, 2.75) is 32.2 Å². The van der Waals surface area contributed by atoms with E-state index in [1.807, 2.05) is 18.5 Å². The van der Waals surface area contributed by atoms with E-state index >= 15 is 0 Å². The number of H-pyrrole nitrogens is 1. The van der Waals surface area contributed by atoms with Gasteiger partial charge in [-0.25, -0.2) is 0 Å². The van der Waals surface area contributed by atoms with Crippen LogP contribution in [0.1, 0.15) is 26.2 Å². The summed E-state index contributed by atoms with van der Waals surface area (Å²) in [6.45, 7) is 3.39. The van der Waals surface area contributed by atoms with Crippen molar-refractivity contribution in [1.29, 1.82) is 0 Å². The normalized spacial score (nSPS) is 21.6. The van der Waals surface area contributed by atoms with Gasteiger partial charge in [0.2, 0.25) is 0 Å². The minimum absolute atomic E-state index is 0.591. The maximum atomic E-state index is 4.43. The van der Waals surface area contributed by atoms with Gasteiger partial charge in [-0.05, 0) is 32.3 Å². The number of nitrogens with zero attached hydrogens (tertiary/aromatic N) is 3. The van der Waals surface area contributed by atoms with Crippen molar-refractivity contribution in [3.63, 3.8) is 0 Å². The average molecular weight is 216 g/mol. The fourth-order valence-electron chi connectivity index (χ4n) is 2.48.